The van der Waals surface area contributed by atoms with Crippen molar-refractivity contribution in [2.75, 3.05) is 26.3 Å². The number of aliphatic hydroxyl groups excluding tert-OH is 1. The first-order valence-corrected chi connectivity index (χ1v) is 7.52. The molecule has 0 aliphatic carbocycles. The zero-order valence-electron chi connectivity index (χ0n) is 12.5. The van der Waals surface area contributed by atoms with Crippen molar-refractivity contribution in [3.63, 3.8) is 0 Å². The van der Waals surface area contributed by atoms with Gasteiger partial charge in [0.1, 0.15) is 13.2 Å². The minimum Gasteiger partial charge on any atom is -0.486 e. The van der Waals surface area contributed by atoms with Gasteiger partial charge >= 0.3 is 0 Å². The van der Waals surface area contributed by atoms with Crippen LogP contribution in [0.3, 0.4) is 0 Å². The summed E-state index contributed by atoms with van der Waals surface area (Å²) in [5, 5.41) is 14.0. The molecule has 1 saturated heterocycles. The van der Waals surface area contributed by atoms with Crippen molar-refractivity contribution < 1.29 is 14.6 Å². The maximum absolute atomic E-state index is 9.43. The molecular weight excluding hydrogens is 282 g/mol. The van der Waals surface area contributed by atoms with Crippen LogP contribution in [0, 0.1) is 0 Å². The van der Waals surface area contributed by atoms with E-state index < -0.39 is 0 Å². The molecule has 22 heavy (non-hydrogen) atoms. The van der Waals surface area contributed by atoms with Crippen LogP contribution >= 0.6 is 0 Å². The second kappa shape index (κ2) is 5.30. The largest absolute Gasteiger partial charge is 0.486 e. The summed E-state index contributed by atoms with van der Waals surface area (Å²) < 4.78 is 13.1. The Bertz CT molecular complexity index is 692. The Kier molecular flexibility index (Phi) is 3.28. The number of hydrogen-bond acceptors (Lipinski definition) is 5. The van der Waals surface area contributed by atoms with E-state index in [1.807, 2.05) is 36.1 Å². The summed E-state index contributed by atoms with van der Waals surface area (Å²) in [6.07, 6.45) is 1.85. The Balaban J connectivity index is 1.64. The number of fused-ring (bicyclic) bond motifs is 1. The molecule has 2 aromatic rings. The number of nitrogens with zero attached hydrogens (tertiary/aromatic N) is 3. The van der Waals surface area contributed by atoms with Crippen molar-refractivity contribution >= 4 is 0 Å². The van der Waals surface area contributed by atoms with Gasteiger partial charge in [-0.15, -0.1) is 0 Å². The second-order valence-corrected chi connectivity index (χ2v) is 5.88. The number of benzene rings is 1. The van der Waals surface area contributed by atoms with E-state index in [2.05, 4.69) is 10.00 Å². The SMILES string of the molecule is Cn1cc(CN2CC(O)C2)c(-c2ccc3c(c2)OCCO3)n1. The first-order chi connectivity index (χ1) is 10.7. The molecule has 0 unspecified atom stereocenters. The highest BCUT2D eigenvalue weighted by Gasteiger charge is 2.26. The van der Waals surface area contributed by atoms with E-state index in [1.54, 1.807) is 0 Å². The average Bonchev–Trinajstić information content (AvgIpc) is 2.86. The van der Waals surface area contributed by atoms with Crippen LogP contribution in [0.5, 0.6) is 11.5 Å². The maximum Gasteiger partial charge on any atom is 0.162 e. The predicted molar refractivity (Wildman–Crippen MR) is 80.9 cm³/mol. The molecule has 2 aliphatic rings. The van der Waals surface area contributed by atoms with Crippen molar-refractivity contribution in [1.82, 2.24) is 14.7 Å². The topological polar surface area (TPSA) is 59.8 Å². The minimum absolute atomic E-state index is 0.186. The fraction of sp³-hybridized carbons (Fsp3) is 0.438. The first-order valence-electron chi connectivity index (χ1n) is 7.52. The number of aliphatic hydroxyl groups is 1. The Morgan fingerprint density at radius 2 is 2.00 bits per heavy atom. The molecular formula is C16H19N3O3. The van der Waals surface area contributed by atoms with Crippen molar-refractivity contribution in [3.8, 4) is 22.8 Å². The van der Waals surface area contributed by atoms with Gasteiger partial charge in [-0.3, -0.25) is 9.58 Å². The van der Waals surface area contributed by atoms with Gasteiger partial charge in [0.2, 0.25) is 0 Å². The number of ether oxygens (including phenoxy) is 2. The summed E-state index contributed by atoms with van der Waals surface area (Å²) in [5.41, 5.74) is 3.15. The van der Waals surface area contributed by atoms with Gasteiger partial charge in [0.15, 0.2) is 11.5 Å². The highest BCUT2D eigenvalue weighted by Crippen LogP contribution is 2.35. The molecule has 0 bridgehead atoms. The second-order valence-electron chi connectivity index (χ2n) is 5.88. The zero-order valence-corrected chi connectivity index (χ0v) is 12.5. The van der Waals surface area contributed by atoms with E-state index >= 15 is 0 Å². The Morgan fingerprint density at radius 3 is 2.77 bits per heavy atom. The molecule has 2 aliphatic heterocycles. The molecule has 3 heterocycles. The Hall–Kier alpha value is -2.05. The number of hydrogen-bond donors (Lipinski definition) is 1. The number of β-amino-alcohol motifs (C(OH)–C–C–N with tert-alkyl or cyclic N) is 1. The lowest BCUT2D eigenvalue weighted by molar-refractivity contribution is -0.00279. The van der Waals surface area contributed by atoms with E-state index in [-0.39, 0.29) is 6.10 Å². The summed E-state index contributed by atoms with van der Waals surface area (Å²) in [4.78, 5) is 2.21. The smallest absolute Gasteiger partial charge is 0.162 e. The highest BCUT2D eigenvalue weighted by atomic mass is 16.6. The molecule has 0 amide bonds. The standard InChI is InChI=1S/C16H19N3O3/c1-18-7-12(8-19-9-13(20)10-19)16(17-18)11-2-3-14-15(6-11)22-5-4-21-14/h2-3,6-7,13,20H,4-5,8-10H2,1H3. The summed E-state index contributed by atoms with van der Waals surface area (Å²) in [6, 6.07) is 5.95. The van der Waals surface area contributed by atoms with Crippen LogP contribution in [0.1, 0.15) is 5.56 Å². The molecule has 1 aromatic heterocycles. The minimum atomic E-state index is -0.186. The fourth-order valence-electron chi connectivity index (χ4n) is 3.00. The quantitative estimate of drug-likeness (QED) is 0.918. The van der Waals surface area contributed by atoms with E-state index in [0.717, 1.165) is 48.0 Å². The number of aromatic nitrogens is 2. The van der Waals surface area contributed by atoms with Crippen molar-refractivity contribution in [1.29, 1.82) is 0 Å². The summed E-state index contributed by atoms with van der Waals surface area (Å²) in [6.45, 7) is 3.44. The van der Waals surface area contributed by atoms with Gasteiger partial charge in [0.25, 0.3) is 0 Å². The Morgan fingerprint density at radius 1 is 1.23 bits per heavy atom. The van der Waals surface area contributed by atoms with Crippen molar-refractivity contribution in [3.05, 3.63) is 30.0 Å². The number of rotatable bonds is 3. The van der Waals surface area contributed by atoms with E-state index in [0.29, 0.717) is 13.2 Å². The summed E-state index contributed by atoms with van der Waals surface area (Å²) >= 11 is 0. The molecule has 4 rings (SSSR count). The molecule has 6 nitrogen and oxygen atoms in total. The van der Waals surface area contributed by atoms with Crippen LogP contribution in [-0.2, 0) is 13.6 Å². The van der Waals surface area contributed by atoms with Crippen molar-refractivity contribution in [2.45, 2.75) is 12.6 Å². The third kappa shape index (κ3) is 2.44. The van der Waals surface area contributed by atoms with Crippen LogP contribution in [-0.4, -0.2) is 52.2 Å². The van der Waals surface area contributed by atoms with E-state index in [4.69, 9.17) is 9.47 Å². The van der Waals surface area contributed by atoms with Gasteiger partial charge in [-0.1, -0.05) is 0 Å². The molecule has 6 heteroatoms. The molecule has 0 spiro atoms. The van der Waals surface area contributed by atoms with E-state index in [9.17, 15) is 5.11 Å². The number of likely N-dealkylation sites (tertiary alicyclic amines) is 1. The number of aryl methyl sites for hydroxylation is 1. The van der Waals surface area contributed by atoms with Gasteiger partial charge < -0.3 is 14.6 Å². The van der Waals surface area contributed by atoms with Crippen LogP contribution in [0.25, 0.3) is 11.3 Å². The van der Waals surface area contributed by atoms with Gasteiger partial charge in [0.05, 0.1) is 11.8 Å². The van der Waals surface area contributed by atoms with Crippen LogP contribution < -0.4 is 9.47 Å². The lowest BCUT2D eigenvalue weighted by Gasteiger charge is -2.35. The maximum atomic E-state index is 9.43. The average molecular weight is 301 g/mol. The Labute approximate surface area is 128 Å². The molecule has 116 valence electrons. The van der Waals surface area contributed by atoms with Crippen molar-refractivity contribution in [2.24, 2.45) is 7.05 Å². The lowest BCUT2D eigenvalue weighted by Crippen LogP contribution is -2.49. The molecule has 0 atom stereocenters. The van der Waals surface area contributed by atoms with Crippen LogP contribution in [0.15, 0.2) is 24.4 Å². The summed E-state index contributed by atoms with van der Waals surface area (Å²) in [7, 11) is 1.93. The zero-order chi connectivity index (χ0) is 15.1. The lowest BCUT2D eigenvalue weighted by atomic mass is 10.1. The normalized spacial score (nSPS) is 18.3. The van der Waals surface area contributed by atoms with Crippen LogP contribution in [0.4, 0.5) is 0 Å². The van der Waals surface area contributed by atoms with Gasteiger partial charge in [-0.25, -0.2) is 0 Å². The third-order valence-electron chi connectivity index (χ3n) is 4.05. The monoisotopic (exact) mass is 301 g/mol. The van der Waals surface area contributed by atoms with Gasteiger partial charge in [-0.05, 0) is 18.2 Å². The van der Waals surface area contributed by atoms with Crippen LogP contribution in [0.2, 0.25) is 0 Å². The predicted octanol–water partition coefficient (Wildman–Crippen LogP) is 1.03. The molecule has 1 fully saturated rings. The van der Waals surface area contributed by atoms with Gasteiger partial charge in [0, 0.05) is 44.0 Å². The highest BCUT2D eigenvalue weighted by molar-refractivity contribution is 5.66. The third-order valence-corrected chi connectivity index (χ3v) is 4.05. The summed E-state index contributed by atoms with van der Waals surface area (Å²) in [5.74, 6) is 1.57. The molecule has 1 N–H and O–H groups in total. The first kappa shape index (κ1) is 13.6. The molecule has 0 saturated carbocycles. The van der Waals surface area contributed by atoms with Gasteiger partial charge in [-0.2, -0.15) is 5.10 Å². The fourth-order valence-corrected chi connectivity index (χ4v) is 3.00. The van der Waals surface area contributed by atoms with E-state index in [1.165, 1.54) is 0 Å². The molecule has 1 aromatic carbocycles. The molecule has 0 radical (unpaired) electrons.